The quantitative estimate of drug-likeness (QED) is 0.809. The summed E-state index contributed by atoms with van der Waals surface area (Å²) in [6.07, 6.45) is 1.47. The Hall–Kier alpha value is -2.55. The third kappa shape index (κ3) is 2.40. The molecule has 18 heavy (non-hydrogen) atoms. The average Bonchev–Trinajstić information content (AvgIpc) is 2.81. The molecule has 0 unspecified atom stereocenters. The zero-order valence-electron chi connectivity index (χ0n) is 10.1. The lowest BCUT2D eigenvalue weighted by Gasteiger charge is -2.10. The summed E-state index contributed by atoms with van der Waals surface area (Å²) in [6, 6.07) is 7.05. The molecule has 6 heteroatoms. The molecule has 2 rings (SSSR count). The van der Waals surface area contributed by atoms with E-state index in [1.807, 2.05) is 6.07 Å². The highest BCUT2D eigenvalue weighted by Crippen LogP contribution is 2.28. The van der Waals surface area contributed by atoms with Gasteiger partial charge in [0.1, 0.15) is 12.9 Å². The van der Waals surface area contributed by atoms with Crippen LogP contribution in [0.3, 0.4) is 0 Å². The maximum Gasteiger partial charge on any atom is 0.164 e. The van der Waals surface area contributed by atoms with Crippen molar-refractivity contribution < 1.29 is 9.47 Å². The van der Waals surface area contributed by atoms with E-state index in [1.165, 1.54) is 13.4 Å². The summed E-state index contributed by atoms with van der Waals surface area (Å²) < 4.78 is 12.4. The van der Waals surface area contributed by atoms with Crippen molar-refractivity contribution in [2.24, 2.45) is 7.05 Å². The Bertz CT molecular complexity index is 586. The fraction of sp³-hybridized carbons (Fsp3) is 0.250. The minimum Gasteiger partial charge on any atom is -0.493 e. The molecular formula is C12H12N4O2. The molecule has 1 aromatic heterocycles. The average molecular weight is 244 g/mol. The number of methoxy groups -OCH3 is 1. The molecule has 0 spiro atoms. The normalized spacial score (nSPS) is 9.83. The second-order valence-corrected chi connectivity index (χ2v) is 3.57. The first kappa shape index (κ1) is 11.9. The molecule has 0 radical (unpaired) electrons. The molecule has 0 atom stereocenters. The van der Waals surface area contributed by atoms with E-state index in [1.54, 1.807) is 29.9 Å². The molecular weight excluding hydrogens is 232 g/mol. The molecule has 1 heterocycles. The van der Waals surface area contributed by atoms with E-state index >= 15 is 0 Å². The molecule has 0 saturated carbocycles. The predicted molar refractivity (Wildman–Crippen MR) is 63.0 cm³/mol. The first-order chi connectivity index (χ1) is 8.74. The predicted octanol–water partition coefficient (Wildman–Crippen LogP) is 1.27. The van der Waals surface area contributed by atoms with Gasteiger partial charge in [-0.05, 0) is 12.1 Å². The molecule has 0 N–H and O–H groups in total. The Labute approximate surface area is 104 Å². The van der Waals surface area contributed by atoms with Gasteiger partial charge in [-0.25, -0.2) is 4.98 Å². The van der Waals surface area contributed by atoms with E-state index in [9.17, 15) is 0 Å². The number of aryl methyl sites for hydroxylation is 1. The van der Waals surface area contributed by atoms with Gasteiger partial charge in [-0.1, -0.05) is 0 Å². The Kier molecular flexibility index (Phi) is 3.44. The van der Waals surface area contributed by atoms with Crippen LogP contribution in [0, 0.1) is 11.3 Å². The Morgan fingerprint density at radius 1 is 1.39 bits per heavy atom. The van der Waals surface area contributed by atoms with Crippen molar-refractivity contribution >= 4 is 0 Å². The third-order valence-corrected chi connectivity index (χ3v) is 2.45. The molecule has 6 nitrogen and oxygen atoms in total. The molecule has 0 aliphatic rings. The molecule has 92 valence electrons. The van der Waals surface area contributed by atoms with Gasteiger partial charge in [0.2, 0.25) is 0 Å². The topological polar surface area (TPSA) is 73.0 Å². The smallest absolute Gasteiger partial charge is 0.164 e. The van der Waals surface area contributed by atoms with Crippen LogP contribution in [0.25, 0.3) is 0 Å². The summed E-state index contributed by atoms with van der Waals surface area (Å²) in [5.41, 5.74) is 0.526. The van der Waals surface area contributed by atoms with Crippen LogP contribution in [0.5, 0.6) is 11.5 Å². The lowest BCUT2D eigenvalue weighted by Crippen LogP contribution is -2.05. The lowest BCUT2D eigenvalue weighted by atomic mass is 10.2. The van der Waals surface area contributed by atoms with Crippen LogP contribution in [0.4, 0.5) is 0 Å². The fourth-order valence-corrected chi connectivity index (χ4v) is 1.45. The standard InChI is InChI=1S/C12H12N4O2/c1-16-12(14-8-15-16)7-18-10-4-3-9(6-13)5-11(10)17-2/h3-5,8H,7H2,1-2H3. The van der Waals surface area contributed by atoms with E-state index < -0.39 is 0 Å². The van der Waals surface area contributed by atoms with Crippen molar-refractivity contribution in [1.82, 2.24) is 14.8 Å². The maximum absolute atomic E-state index is 8.80. The van der Waals surface area contributed by atoms with Gasteiger partial charge in [0.15, 0.2) is 17.3 Å². The van der Waals surface area contributed by atoms with Crippen molar-refractivity contribution in [3.05, 3.63) is 35.9 Å². The summed E-state index contributed by atoms with van der Waals surface area (Å²) in [5.74, 6) is 1.80. The van der Waals surface area contributed by atoms with Crippen molar-refractivity contribution in [2.45, 2.75) is 6.61 Å². The first-order valence-electron chi connectivity index (χ1n) is 5.28. The lowest BCUT2D eigenvalue weighted by molar-refractivity contribution is 0.271. The van der Waals surface area contributed by atoms with Crippen LogP contribution in [0.1, 0.15) is 11.4 Å². The van der Waals surface area contributed by atoms with E-state index in [0.717, 1.165) is 0 Å². The number of aromatic nitrogens is 3. The van der Waals surface area contributed by atoms with Crippen molar-refractivity contribution in [3.8, 4) is 17.6 Å². The van der Waals surface area contributed by atoms with Crippen LogP contribution in [-0.4, -0.2) is 21.9 Å². The second kappa shape index (κ2) is 5.19. The highest BCUT2D eigenvalue weighted by molar-refractivity contribution is 5.46. The van der Waals surface area contributed by atoms with Crippen LogP contribution in [0.2, 0.25) is 0 Å². The van der Waals surface area contributed by atoms with Crippen LogP contribution in [-0.2, 0) is 13.7 Å². The number of rotatable bonds is 4. The highest BCUT2D eigenvalue weighted by atomic mass is 16.5. The Morgan fingerprint density at radius 3 is 2.83 bits per heavy atom. The SMILES string of the molecule is COc1cc(C#N)ccc1OCc1ncnn1C. The van der Waals surface area contributed by atoms with Crippen molar-refractivity contribution in [3.63, 3.8) is 0 Å². The molecule has 0 aliphatic heterocycles. The number of ether oxygens (including phenoxy) is 2. The summed E-state index contributed by atoms with van der Waals surface area (Å²) in [6.45, 7) is 0.290. The van der Waals surface area contributed by atoms with Crippen LogP contribution in [0.15, 0.2) is 24.5 Å². The molecule has 0 amide bonds. The van der Waals surface area contributed by atoms with Gasteiger partial charge >= 0.3 is 0 Å². The molecule has 0 bridgehead atoms. The summed E-state index contributed by atoms with van der Waals surface area (Å²) >= 11 is 0. The number of nitriles is 1. The van der Waals surface area contributed by atoms with Crippen molar-refractivity contribution in [1.29, 1.82) is 5.26 Å². The highest BCUT2D eigenvalue weighted by Gasteiger charge is 2.07. The zero-order valence-corrected chi connectivity index (χ0v) is 10.1. The number of hydrogen-bond donors (Lipinski definition) is 0. The maximum atomic E-state index is 8.80. The summed E-state index contributed by atoms with van der Waals surface area (Å²) in [7, 11) is 3.33. The van der Waals surface area contributed by atoms with Gasteiger partial charge < -0.3 is 9.47 Å². The minimum atomic E-state index is 0.290. The molecule has 0 saturated heterocycles. The molecule has 0 aliphatic carbocycles. The summed E-state index contributed by atoms with van der Waals surface area (Å²) in [5, 5.41) is 12.7. The van der Waals surface area contributed by atoms with Crippen molar-refractivity contribution in [2.75, 3.05) is 7.11 Å². The van der Waals surface area contributed by atoms with Gasteiger partial charge in [0.05, 0.1) is 18.7 Å². The van der Waals surface area contributed by atoms with Gasteiger partial charge in [-0.15, -0.1) is 0 Å². The minimum absolute atomic E-state index is 0.290. The van der Waals surface area contributed by atoms with E-state index in [2.05, 4.69) is 10.1 Å². The Morgan fingerprint density at radius 2 is 2.22 bits per heavy atom. The molecule has 2 aromatic rings. The third-order valence-electron chi connectivity index (χ3n) is 2.45. The number of hydrogen-bond acceptors (Lipinski definition) is 5. The second-order valence-electron chi connectivity index (χ2n) is 3.57. The number of benzene rings is 1. The fourth-order valence-electron chi connectivity index (χ4n) is 1.45. The zero-order chi connectivity index (χ0) is 13.0. The first-order valence-corrected chi connectivity index (χ1v) is 5.28. The van der Waals surface area contributed by atoms with Gasteiger partial charge in [0, 0.05) is 13.1 Å². The van der Waals surface area contributed by atoms with Gasteiger partial charge in [-0.3, -0.25) is 4.68 Å². The monoisotopic (exact) mass is 244 g/mol. The Balaban J connectivity index is 2.15. The molecule has 0 fully saturated rings. The van der Waals surface area contributed by atoms with Gasteiger partial charge in [0.25, 0.3) is 0 Å². The van der Waals surface area contributed by atoms with E-state index in [0.29, 0.717) is 29.5 Å². The van der Waals surface area contributed by atoms with E-state index in [4.69, 9.17) is 14.7 Å². The van der Waals surface area contributed by atoms with Crippen LogP contribution < -0.4 is 9.47 Å². The molecule has 1 aromatic carbocycles. The van der Waals surface area contributed by atoms with E-state index in [-0.39, 0.29) is 0 Å². The van der Waals surface area contributed by atoms with Crippen LogP contribution >= 0.6 is 0 Å². The number of nitrogens with zero attached hydrogens (tertiary/aromatic N) is 4. The summed E-state index contributed by atoms with van der Waals surface area (Å²) in [4.78, 5) is 4.05. The largest absolute Gasteiger partial charge is 0.493 e. The van der Waals surface area contributed by atoms with Gasteiger partial charge in [-0.2, -0.15) is 10.4 Å².